The molecule has 0 aromatic rings. The van der Waals surface area contributed by atoms with Crippen molar-refractivity contribution >= 4 is 5.91 Å². The van der Waals surface area contributed by atoms with E-state index in [0.717, 1.165) is 13.1 Å². The fourth-order valence-corrected chi connectivity index (χ4v) is 2.91. The number of nitrogens with zero attached hydrogens (tertiary/aromatic N) is 4. The molecule has 4 N–H and O–H groups in total. The number of piperazine rings is 1. The van der Waals surface area contributed by atoms with Crippen LogP contribution in [0.3, 0.4) is 0 Å². The molecule has 0 unspecified atom stereocenters. The third kappa shape index (κ3) is 4.55. The van der Waals surface area contributed by atoms with E-state index in [1.165, 1.54) is 0 Å². The van der Waals surface area contributed by atoms with Crippen LogP contribution in [0.1, 0.15) is 12.8 Å². The largest absolute Gasteiger partial charge is 0.340 e. The summed E-state index contributed by atoms with van der Waals surface area (Å²) >= 11 is 0. The summed E-state index contributed by atoms with van der Waals surface area (Å²) in [5, 5.41) is 34.0. The van der Waals surface area contributed by atoms with Crippen molar-refractivity contribution in [1.29, 1.82) is 0 Å². The van der Waals surface area contributed by atoms with E-state index in [1.54, 1.807) is 4.90 Å². The Morgan fingerprint density at radius 1 is 0.955 bits per heavy atom. The first-order valence-electron chi connectivity index (χ1n) is 7.03. The van der Waals surface area contributed by atoms with Gasteiger partial charge in [-0.15, -0.1) is 0 Å². The monoisotopic (exact) mass is 322 g/mol. The molecule has 128 valence electrons. The summed E-state index contributed by atoms with van der Waals surface area (Å²) in [7, 11) is 1.99. The Bertz CT molecular complexity index is 357. The summed E-state index contributed by atoms with van der Waals surface area (Å²) < 4.78 is 0. The number of hydrogen-bond donors (Lipinski definition) is 4. The molecule has 11 nitrogen and oxygen atoms in total. The van der Waals surface area contributed by atoms with Crippen LogP contribution in [-0.4, -0.2) is 92.8 Å². The fourth-order valence-electron chi connectivity index (χ4n) is 2.91. The van der Waals surface area contributed by atoms with E-state index < -0.39 is 28.9 Å². The van der Waals surface area contributed by atoms with Crippen molar-refractivity contribution in [2.75, 3.05) is 33.2 Å². The minimum absolute atomic E-state index is 0.0716. The van der Waals surface area contributed by atoms with Gasteiger partial charge in [0.05, 0.1) is 10.8 Å². The number of likely N-dealkylation sites (N-methyl/N-ethyl adjacent to an activating group) is 1. The molecule has 11 heteroatoms. The number of carbonyl (C=O) groups excluding carboxylic acids is 1. The Labute approximate surface area is 127 Å². The van der Waals surface area contributed by atoms with Gasteiger partial charge in [0.25, 0.3) is 0 Å². The predicted molar refractivity (Wildman–Crippen MR) is 67.4 cm³/mol. The second-order valence-corrected chi connectivity index (χ2v) is 5.59. The van der Waals surface area contributed by atoms with Crippen LogP contribution in [-0.2, 0) is 14.5 Å². The van der Waals surface area contributed by atoms with Gasteiger partial charge in [-0.2, -0.15) is 0 Å². The maximum Gasteiger partial charge on any atom is 0.225 e. The Kier molecular flexibility index (Phi) is 6.02. The summed E-state index contributed by atoms with van der Waals surface area (Å²) in [6.07, 6.45) is -1.42. The molecular weight excluding hydrogens is 300 g/mol. The molecule has 2 aliphatic rings. The Morgan fingerprint density at radius 3 is 1.82 bits per heavy atom. The zero-order valence-electron chi connectivity index (χ0n) is 12.3. The standard InChI is InChI=1S/C11H22N4O7/c1-12-2-4-13(5-3-12)11(16)8-6-9(21-14(17)18)10(7-8)22-15(19)20/h8-10,17-20H,2-7H2,1H3/t8-,9-,10+. The quantitative estimate of drug-likeness (QED) is 0.464. The van der Waals surface area contributed by atoms with Gasteiger partial charge in [-0.3, -0.25) is 25.6 Å². The number of amides is 1. The Morgan fingerprint density at radius 2 is 1.41 bits per heavy atom. The molecule has 2 fully saturated rings. The predicted octanol–water partition coefficient (Wildman–Crippen LogP) is -1.07. The first-order chi connectivity index (χ1) is 10.4. The number of hydrogen-bond acceptors (Lipinski definition) is 10. The average molecular weight is 322 g/mol. The molecule has 0 radical (unpaired) electrons. The van der Waals surface area contributed by atoms with E-state index >= 15 is 0 Å². The first kappa shape index (κ1) is 17.5. The third-order valence-corrected chi connectivity index (χ3v) is 4.07. The molecule has 0 bridgehead atoms. The van der Waals surface area contributed by atoms with Gasteiger partial charge < -0.3 is 9.80 Å². The lowest BCUT2D eigenvalue weighted by Crippen LogP contribution is -2.48. The summed E-state index contributed by atoms with van der Waals surface area (Å²) in [5.41, 5.74) is 0. The number of carbonyl (C=O) groups is 1. The lowest BCUT2D eigenvalue weighted by atomic mass is 10.1. The molecule has 0 aromatic heterocycles. The molecule has 2 rings (SSSR count). The van der Waals surface area contributed by atoms with E-state index in [0.29, 0.717) is 13.1 Å². The van der Waals surface area contributed by atoms with Gasteiger partial charge in [0, 0.05) is 32.1 Å². The SMILES string of the molecule is CN1CCN(C(=O)[C@H]2C[C@H](ON(O)O)[C@H](ON(O)O)C2)CC1. The van der Waals surface area contributed by atoms with E-state index in [1.807, 2.05) is 7.05 Å². The van der Waals surface area contributed by atoms with E-state index in [2.05, 4.69) is 4.90 Å². The van der Waals surface area contributed by atoms with Crippen LogP contribution < -0.4 is 0 Å². The molecular formula is C11H22N4O7. The van der Waals surface area contributed by atoms with Gasteiger partial charge in [0.1, 0.15) is 12.2 Å². The summed E-state index contributed by atoms with van der Waals surface area (Å²) in [4.78, 5) is 25.8. The molecule has 22 heavy (non-hydrogen) atoms. The van der Waals surface area contributed by atoms with Gasteiger partial charge in [0.15, 0.2) is 0 Å². The highest BCUT2D eigenvalue weighted by molar-refractivity contribution is 5.79. The zero-order chi connectivity index (χ0) is 16.3. The number of rotatable bonds is 5. The van der Waals surface area contributed by atoms with Crippen molar-refractivity contribution in [3.63, 3.8) is 0 Å². The molecule has 1 saturated carbocycles. The molecule has 1 aliphatic heterocycles. The average Bonchev–Trinajstić information content (AvgIpc) is 2.80. The van der Waals surface area contributed by atoms with Gasteiger partial charge in [-0.1, -0.05) is 0 Å². The first-order valence-corrected chi connectivity index (χ1v) is 7.03. The van der Waals surface area contributed by atoms with Gasteiger partial charge >= 0.3 is 0 Å². The molecule has 3 atom stereocenters. The third-order valence-electron chi connectivity index (χ3n) is 4.07. The smallest absolute Gasteiger partial charge is 0.225 e. The lowest BCUT2D eigenvalue weighted by Gasteiger charge is -2.34. The molecule has 1 saturated heterocycles. The van der Waals surface area contributed by atoms with Crippen molar-refractivity contribution < 1.29 is 35.3 Å². The van der Waals surface area contributed by atoms with Crippen LogP contribution in [0.5, 0.6) is 0 Å². The summed E-state index contributed by atoms with van der Waals surface area (Å²) in [6.45, 7) is 2.84. The van der Waals surface area contributed by atoms with Crippen molar-refractivity contribution in [3.05, 3.63) is 0 Å². The summed E-state index contributed by atoms with van der Waals surface area (Å²) in [6, 6.07) is 0. The van der Waals surface area contributed by atoms with Crippen LogP contribution in [0, 0.1) is 5.92 Å². The molecule has 0 aromatic carbocycles. The van der Waals surface area contributed by atoms with Gasteiger partial charge in [0.2, 0.25) is 5.91 Å². The highest BCUT2D eigenvalue weighted by atomic mass is 17.1. The van der Waals surface area contributed by atoms with Crippen LogP contribution in [0.15, 0.2) is 0 Å². The van der Waals surface area contributed by atoms with Crippen LogP contribution in [0.2, 0.25) is 0 Å². The molecule has 1 aliphatic carbocycles. The van der Waals surface area contributed by atoms with Crippen LogP contribution in [0.4, 0.5) is 0 Å². The topological polar surface area (TPSA) is 129 Å². The lowest BCUT2D eigenvalue weighted by molar-refractivity contribution is -0.535. The normalized spacial score (nSPS) is 30.5. The Balaban J connectivity index is 1.95. The second-order valence-electron chi connectivity index (χ2n) is 5.59. The minimum atomic E-state index is -0.891. The molecule has 0 spiro atoms. The van der Waals surface area contributed by atoms with Crippen molar-refractivity contribution in [1.82, 2.24) is 20.6 Å². The van der Waals surface area contributed by atoms with E-state index in [9.17, 15) is 4.79 Å². The fraction of sp³-hybridized carbons (Fsp3) is 0.909. The van der Waals surface area contributed by atoms with E-state index in [-0.39, 0.29) is 18.7 Å². The zero-order valence-corrected chi connectivity index (χ0v) is 12.3. The van der Waals surface area contributed by atoms with Crippen LogP contribution in [0.25, 0.3) is 0 Å². The van der Waals surface area contributed by atoms with Gasteiger partial charge in [-0.05, 0) is 19.9 Å². The van der Waals surface area contributed by atoms with E-state index in [4.69, 9.17) is 30.5 Å². The highest BCUT2D eigenvalue weighted by Gasteiger charge is 2.43. The molecule has 1 amide bonds. The maximum atomic E-state index is 12.5. The van der Waals surface area contributed by atoms with Crippen molar-refractivity contribution in [2.24, 2.45) is 5.92 Å². The van der Waals surface area contributed by atoms with Crippen molar-refractivity contribution in [2.45, 2.75) is 25.0 Å². The maximum absolute atomic E-state index is 12.5. The Hall–Kier alpha value is -0.890. The summed E-state index contributed by atoms with van der Waals surface area (Å²) in [5.74, 6) is -0.518. The minimum Gasteiger partial charge on any atom is -0.340 e. The molecule has 1 heterocycles. The van der Waals surface area contributed by atoms with Crippen LogP contribution >= 0.6 is 0 Å². The van der Waals surface area contributed by atoms with Crippen molar-refractivity contribution in [3.8, 4) is 0 Å². The highest BCUT2D eigenvalue weighted by Crippen LogP contribution is 2.32. The van der Waals surface area contributed by atoms with Gasteiger partial charge in [-0.25, -0.2) is 9.68 Å². The second kappa shape index (κ2) is 7.59.